The minimum atomic E-state index is -0.534. The number of rotatable bonds is 25. The second-order valence-electron chi connectivity index (χ2n) is 21.3. The van der Waals surface area contributed by atoms with Crippen molar-refractivity contribution in [2.45, 2.75) is 104 Å². The van der Waals surface area contributed by atoms with Crippen molar-refractivity contribution in [2.24, 2.45) is 20.5 Å². The average Bonchev–Trinajstić information content (AvgIpc) is 1.54. The van der Waals surface area contributed by atoms with Crippen LogP contribution in [0.25, 0.3) is 54.9 Å². The van der Waals surface area contributed by atoms with E-state index in [2.05, 4.69) is 48.2 Å². The van der Waals surface area contributed by atoms with Gasteiger partial charge in [-0.3, -0.25) is 0 Å². The Bertz CT molecular complexity index is 3600. The van der Waals surface area contributed by atoms with E-state index in [-0.39, 0.29) is 12.2 Å². The number of esters is 2. The number of azo groups is 2. The summed E-state index contributed by atoms with van der Waals surface area (Å²) in [5.74, 6) is 1.24. The van der Waals surface area contributed by atoms with E-state index in [1.54, 1.807) is 36.4 Å². The summed E-state index contributed by atoms with van der Waals surface area (Å²) in [5, 5.41) is 21.3. The standard InChI is InChI=1S/C74H70N4O6/c1-5-7-9-11-17-51(3)81-65-45-41-63(42-46-65)77-75-61-37-31-55(32-38-61)53-23-27-59(28-24-53)73(79)83-69-49-35-57-19-13-15-21-67(57)71(69)72-68-22-16-14-20-58(68)36-50-70(72)84-74(80)60-29-25-54(26-30-60)56-33-39-62(40-34-56)76-78-64-43-47-66(48-44-64)82-52(4)18-12-10-8-6-2/h13-16,19-52H,5-12,17-18H2,1-4H3/b77-75+,78-76+/t51-,52+. The number of hydrogen-bond donors (Lipinski definition) is 0. The molecule has 0 heterocycles. The Kier molecular flexibility index (Phi) is 19.5. The van der Waals surface area contributed by atoms with E-state index in [4.69, 9.17) is 18.9 Å². The van der Waals surface area contributed by atoms with Gasteiger partial charge in [0.15, 0.2) is 0 Å². The number of ether oxygens (including phenoxy) is 4. The molecule has 0 bridgehead atoms. The number of hydrogen-bond acceptors (Lipinski definition) is 10. The molecule has 2 atom stereocenters. The molecule has 0 fully saturated rings. The number of carbonyl (C=O) groups is 2. The molecule has 0 aliphatic carbocycles. The Labute approximate surface area is 492 Å². The van der Waals surface area contributed by atoms with Crippen molar-refractivity contribution in [2.75, 3.05) is 0 Å². The summed E-state index contributed by atoms with van der Waals surface area (Å²) < 4.78 is 24.9. The van der Waals surface area contributed by atoms with Crippen LogP contribution in [0.2, 0.25) is 0 Å². The quantitative estimate of drug-likeness (QED) is 0.0243. The first kappa shape index (κ1) is 57.7. The summed E-state index contributed by atoms with van der Waals surface area (Å²) >= 11 is 0. The molecule has 84 heavy (non-hydrogen) atoms. The van der Waals surface area contributed by atoms with Crippen molar-refractivity contribution in [3.63, 3.8) is 0 Å². The van der Waals surface area contributed by atoms with Crippen LogP contribution in [0, 0.1) is 0 Å². The van der Waals surface area contributed by atoms with Gasteiger partial charge in [0.05, 0.1) is 46.1 Å². The molecule has 10 aromatic rings. The van der Waals surface area contributed by atoms with Crippen LogP contribution >= 0.6 is 0 Å². The van der Waals surface area contributed by atoms with E-state index in [1.165, 1.54) is 51.4 Å². The molecule has 0 aliphatic heterocycles. The lowest BCUT2D eigenvalue weighted by Gasteiger charge is -2.19. The molecule has 10 heteroatoms. The van der Waals surface area contributed by atoms with Gasteiger partial charge in [-0.1, -0.05) is 162 Å². The highest BCUT2D eigenvalue weighted by Gasteiger charge is 2.23. The first-order valence-electron chi connectivity index (χ1n) is 29.4. The lowest BCUT2D eigenvalue weighted by Crippen LogP contribution is -2.11. The summed E-state index contributed by atoms with van der Waals surface area (Å²) in [5.41, 5.74) is 8.64. The smallest absolute Gasteiger partial charge is 0.343 e. The minimum absolute atomic E-state index is 0.163. The van der Waals surface area contributed by atoms with Crippen LogP contribution in [0.1, 0.15) is 113 Å². The normalized spacial score (nSPS) is 12.2. The van der Waals surface area contributed by atoms with Gasteiger partial charge in [-0.05, 0) is 193 Å². The molecule has 0 amide bonds. The maximum absolute atomic E-state index is 14.2. The van der Waals surface area contributed by atoms with Crippen LogP contribution in [-0.4, -0.2) is 24.1 Å². The van der Waals surface area contributed by atoms with Crippen LogP contribution in [0.15, 0.2) is 239 Å². The van der Waals surface area contributed by atoms with Crippen LogP contribution in [-0.2, 0) is 0 Å². The third kappa shape index (κ3) is 15.1. The molecule has 0 saturated heterocycles. The Morgan fingerprint density at radius 1 is 0.357 bits per heavy atom. The van der Waals surface area contributed by atoms with Crippen molar-refractivity contribution in [3.8, 4) is 56.4 Å². The van der Waals surface area contributed by atoms with Gasteiger partial charge in [0.2, 0.25) is 0 Å². The van der Waals surface area contributed by atoms with Gasteiger partial charge in [-0.2, -0.15) is 20.5 Å². The van der Waals surface area contributed by atoms with Gasteiger partial charge in [0.1, 0.15) is 23.0 Å². The maximum atomic E-state index is 14.2. The van der Waals surface area contributed by atoms with Crippen molar-refractivity contribution in [3.05, 3.63) is 230 Å². The molecular weight excluding hydrogens is 1040 g/mol. The van der Waals surface area contributed by atoms with E-state index in [0.717, 1.165) is 79.5 Å². The largest absolute Gasteiger partial charge is 0.491 e. The number of nitrogens with zero attached hydrogens (tertiary/aromatic N) is 4. The Morgan fingerprint density at radius 2 is 0.679 bits per heavy atom. The lowest BCUT2D eigenvalue weighted by molar-refractivity contribution is 0.0723. The molecule has 0 radical (unpaired) electrons. The summed E-state index contributed by atoms with van der Waals surface area (Å²) in [6.45, 7) is 8.68. The number of fused-ring (bicyclic) bond motifs is 2. The number of carbonyl (C=O) groups excluding carboxylic acids is 2. The number of benzene rings is 10. The highest BCUT2D eigenvalue weighted by molar-refractivity contribution is 6.11. The Morgan fingerprint density at radius 3 is 1.02 bits per heavy atom. The van der Waals surface area contributed by atoms with E-state index < -0.39 is 11.9 Å². The fourth-order valence-corrected chi connectivity index (χ4v) is 10.3. The van der Waals surface area contributed by atoms with Crippen molar-refractivity contribution < 1.29 is 28.5 Å². The van der Waals surface area contributed by atoms with Gasteiger partial charge in [0, 0.05) is 11.1 Å². The zero-order chi connectivity index (χ0) is 58.0. The van der Waals surface area contributed by atoms with Gasteiger partial charge < -0.3 is 18.9 Å². The van der Waals surface area contributed by atoms with Crippen LogP contribution in [0.4, 0.5) is 22.7 Å². The van der Waals surface area contributed by atoms with Crippen LogP contribution in [0.3, 0.4) is 0 Å². The second-order valence-corrected chi connectivity index (χ2v) is 21.3. The van der Waals surface area contributed by atoms with Gasteiger partial charge in [0.25, 0.3) is 0 Å². The van der Waals surface area contributed by atoms with Crippen molar-refractivity contribution in [1.29, 1.82) is 0 Å². The monoisotopic (exact) mass is 1110 g/mol. The Hall–Kier alpha value is -9.54. The third-order valence-corrected chi connectivity index (χ3v) is 14.9. The van der Waals surface area contributed by atoms with Crippen LogP contribution in [0.5, 0.6) is 23.0 Å². The highest BCUT2D eigenvalue weighted by atomic mass is 16.5. The van der Waals surface area contributed by atoms with Crippen molar-refractivity contribution in [1.82, 2.24) is 0 Å². The molecule has 10 aromatic carbocycles. The van der Waals surface area contributed by atoms with Gasteiger partial charge in [-0.25, -0.2) is 9.59 Å². The molecule has 0 saturated carbocycles. The van der Waals surface area contributed by atoms with Gasteiger partial charge in [-0.15, -0.1) is 0 Å². The molecule has 10 rings (SSSR count). The fraction of sp³-hybridized carbons (Fsp3) is 0.216. The molecule has 10 nitrogen and oxygen atoms in total. The number of unbranched alkanes of at least 4 members (excludes halogenated alkanes) is 6. The van der Waals surface area contributed by atoms with Crippen LogP contribution < -0.4 is 18.9 Å². The molecule has 0 unspecified atom stereocenters. The minimum Gasteiger partial charge on any atom is -0.491 e. The van der Waals surface area contributed by atoms with E-state index in [0.29, 0.717) is 45.1 Å². The lowest BCUT2D eigenvalue weighted by atomic mass is 9.92. The van der Waals surface area contributed by atoms with E-state index in [1.807, 2.05) is 182 Å². The Balaban J connectivity index is 0.804. The predicted octanol–water partition coefficient (Wildman–Crippen LogP) is 21.7. The SMILES string of the molecule is CCCCCC[C@@H](C)Oc1ccc(/N=N/c2ccc(-c3ccc(C(=O)Oc4ccc5ccccc5c4-c4c(OC(=O)c5ccc(-c6ccc(/N=N/c7ccc(O[C@@H](C)CCCCCC)cc7)cc6)cc5)ccc5ccccc45)cc3)cc2)cc1. The summed E-state index contributed by atoms with van der Waals surface area (Å²) in [7, 11) is 0. The molecular formula is C74H70N4O6. The average molecular weight is 1110 g/mol. The zero-order valence-corrected chi connectivity index (χ0v) is 48.2. The topological polar surface area (TPSA) is 121 Å². The third-order valence-electron chi connectivity index (χ3n) is 14.9. The first-order chi connectivity index (χ1) is 41.2. The predicted molar refractivity (Wildman–Crippen MR) is 339 cm³/mol. The fourth-order valence-electron chi connectivity index (χ4n) is 10.3. The molecule has 0 aromatic heterocycles. The van der Waals surface area contributed by atoms with Crippen molar-refractivity contribution >= 4 is 56.2 Å². The summed E-state index contributed by atoms with van der Waals surface area (Å²) in [6, 6.07) is 68.9. The van der Waals surface area contributed by atoms with E-state index >= 15 is 0 Å². The van der Waals surface area contributed by atoms with Gasteiger partial charge >= 0.3 is 11.9 Å². The van der Waals surface area contributed by atoms with E-state index in [9.17, 15) is 9.59 Å². The summed E-state index contributed by atoms with van der Waals surface area (Å²) in [4.78, 5) is 28.4. The second kappa shape index (κ2) is 28.4. The maximum Gasteiger partial charge on any atom is 0.343 e. The molecule has 0 spiro atoms. The molecule has 0 aliphatic rings. The highest BCUT2D eigenvalue weighted by Crippen LogP contribution is 2.46. The molecule has 0 N–H and O–H groups in total. The summed E-state index contributed by atoms with van der Waals surface area (Å²) in [6.07, 6.45) is 12.2. The molecule has 422 valence electrons. The first-order valence-corrected chi connectivity index (χ1v) is 29.4. The zero-order valence-electron chi connectivity index (χ0n) is 48.2.